The highest BCUT2D eigenvalue weighted by Crippen LogP contribution is 2.35. The Bertz CT molecular complexity index is 702. The van der Waals surface area contributed by atoms with E-state index in [0.717, 1.165) is 11.3 Å². The summed E-state index contributed by atoms with van der Waals surface area (Å²) >= 11 is 6.05. The van der Waals surface area contributed by atoms with Crippen LogP contribution < -0.4 is 14.8 Å². The molecule has 1 aliphatic rings. The Morgan fingerprint density at radius 2 is 2.18 bits per heavy atom. The van der Waals surface area contributed by atoms with E-state index in [-0.39, 0.29) is 11.8 Å². The summed E-state index contributed by atoms with van der Waals surface area (Å²) in [6.07, 6.45) is 0.376. The second-order valence-electron chi connectivity index (χ2n) is 5.15. The van der Waals surface area contributed by atoms with Gasteiger partial charge in [-0.25, -0.2) is 0 Å². The van der Waals surface area contributed by atoms with Gasteiger partial charge in [-0.2, -0.15) is 0 Å². The van der Waals surface area contributed by atoms with Crippen molar-refractivity contribution in [3.05, 3.63) is 53.1 Å². The SMILES string of the molecule is COc1ccc(NC(=O)CC2COc3ccccc32)cc1Cl. The molecule has 0 spiro atoms. The number of halogens is 1. The highest BCUT2D eigenvalue weighted by Gasteiger charge is 2.25. The third kappa shape index (κ3) is 3.02. The van der Waals surface area contributed by atoms with Crippen LogP contribution in [-0.4, -0.2) is 19.6 Å². The summed E-state index contributed by atoms with van der Waals surface area (Å²) in [7, 11) is 1.55. The zero-order valence-corrected chi connectivity index (χ0v) is 12.9. The summed E-state index contributed by atoms with van der Waals surface area (Å²) in [4.78, 5) is 12.2. The third-order valence-corrected chi connectivity index (χ3v) is 3.96. The maximum Gasteiger partial charge on any atom is 0.225 e. The van der Waals surface area contributed by atoms with Gasteiger partial charge in [0.2, 0.25) is 5.91 Å². The molecule has 0 radical (unpaired) electrons. The van der Waals surface area contributed by atoms with Crippen molar-refractivity contribution in [1.82, 2.24) is 0 Å². The molecule has 1 atom stereocenters. The summed E-state index contributed by atoms with van der Waals surface area (Å²) in [5.74, 6) is 1.47. The summed E-state index contributed by atoms with van der Waals surface area (Å²) in [6, 6.07) is 13.0. The minimum Gasteiger partial charge on any atom is -0.495 e. The molecule has 114 valence electrons. The number of ether oxygens (including phenoxy) is 2. The molecule has 5 heteroatoms. The summed E-state index contributed by atoms with van der Waals surface area (Å²) in [6.45, 7) is 0.538. The van der Waals surface area contributed by atoms with Crippen molar-refractivity contribution in [3.63, 3.8) is 0 Å². The van der Waals surface area contributed by atoms with Crippen LogP contribution in [-0.2, 0) is 4.79 Å². The van der Waals surface area contributed by atoms with Gasteiger partial charge < -0.3 is 14.8 Å². The quantitative estimate of drug-likeness (QED) is 0.931. The summed E-state index contributed by atoms with van der Waals surface area (Å²) in [5, 5.41) is 3.32. The van der Waals surface area contributed by atoms with Gasteiger partial charge in [0.05, 0.1) is 18.7 Å². The van der Waals surface area contributed by atoms with E-state index >= 15 is 0 Å². The molecule has 0 fully saturated rings. The van der Waals surface area contributed by atoms with Crippen LogP contribution >= 0.6 is 11.6 Å². The van der Waals surface area contributed by atoms with Gasteiger partial charge >= 0.3 is 0 Å². The van der Waals surface area contributed by atoms with Gasteiger partial charge in [-0.3, -0.25) is 4.79 Å². The van der Waals surface area contributed by atoms with E-state index in [1.807, 2.05) is 24.3 Å². The van der Waals surface area contributed by atoms with Gasteiger partial charge in [0.1, 0.15) is 11.5 Å². The summed E-state index contributed by atoms with van der Waals surface area (Å²) in [5.41, 5.74) is 1.74. The number of hydrogen-bond acceptors (Lipinski definition) is 3. The number of nitrogens with one attached hydrogen (secondary N) is 1. The number of fused-ring (bicyclic) bond motifs is 1. The van der Waals surface area contributed by atoms with Crippen molar-refractivity contribution in [1.29, 1.82) is 0 Å². The zero-order valence-electron chi connectivity index (χ0n) is 12.1. The Kier molecular flexibility index (Phi) is 4.20. The number of amides is 1. The fourth-order valence-electron chi connectivity index (χ4n) is 2.58. The molecule has 0 saturated carbocycles. The number of benzene rings is 2. The van der Waals surface area contributed by atoms with Gasteiger partial charge in [-0.05, 0) is 24.3 Å². The largest absolute Gasteiger partial charge is 0.495 e. The number of rotatable bonds is 4. The monoisotopic (exact) mass is 317 g/mol. The maximum atomic E-state index is 12.2. The molecule has 1 aliphatic heterocycles. The molecular formula is C17H16ClNO3. The number of methoxy groups -OCH3 is 1. The number of hydrogen-bond donors (Lipinski definition) is 1. The lowest BCUT2D eigenvalue weighted by Crippen LogP contribution is -2.16. The normalized spacial score (nSPS) is 15.8. The van der Waals surface area contributed by atoms with Crippen molar-refractivity contribution in [2.24, 2.45) is 0 Å². The van der Waals surface area contributed by atoms with Crippen molar-refractivity contribution >= 4 is 23.2 Å². The first-order valence-corrected chi connectivity index (χ1v) is 7.40. The first kappa shape index (κ1) is 14.7. The van der Waals surface area contributed by atoms with E-state index in [2.05, 4.69) is 5.32 Å². The van der Waals surface area contributed by atoms with Crippen LogP contribution in [0.3, 0.4) is 0 Å². The predicted molar refractivity (Wildman–Crippen MR) is 85.9 cm³/mol. The van der Waals surface area contributed by atoms with Gasteiger partial charge in [0, 0.05) is 23.6 Å². The van der Waals surface area contributed by atoms with Gasteiger partial charge in [0.15, 0.2) is 0 Å². The van der Waals surface area contributed by atoms with Crippen LogP contribution in [0.2, 0.25) is 5.02 Å². The van der Waals surface area contributed by atoms with E-state index in [0.29, 0.717) is 29.5 Å². The minimum atomic E-state index is -0.0634. The van der Waals surface area contributed by atoms with Gasteiger partial charge in [-0.15, -0.1) is 0 Å². The van der Waals surface area contributed by atoms with E-state index in [1.165, 1.54) is 0 Å². The molecule has 1 heterocycles. The number of carbonyl (C=O) groups excluding carboxylic acids is 1. The van der Waals surface area contributed by atoms with Crippen LogP contribution in [0.15, 0.2) is 42.5 Å². The predicted octanol–water partition coefficient (Wildman–Crippen LogP) is 3.85. The standard InChI is InChI=1S/C17H16ClNO3/c1-21-16-7-6-12(9-14(16)18)19-17(20)8-11-10-22-15-5-3-2-4-13(11)15/h2-7,9,11H,8,10H2,1H3,(H,19,20). The van der Waals surface area contributed by atoms with Crippen LogP contribution in [0, 0.1) is 0 Å². The molecule has 1 amide bonds. The Morgan fingerprint density at radius 1 is 1.36 bits per heavy atom. The molecule has 22 heavy (non-hydrogen) atoms. The first-order valence-electron chi connectivity index (χ1n) is 7.02. The molecule has 0 aliphatic carbocycles. The zero-order chi connectivity index (χ0) is 15.5. The Morgan fingerprint density at radius 3 is 2.95 bits per heavy atom. The molecule has 1 N–H and O–H groups in total. The molecule has 0 aromatic heterocycles. The number of para-hydroxylation sites is 1. The van der Waals surface area contributed by atoms with Crippen molar-refractivity contribution in [2.75, 3.05) is 19.0 Å². The van der Waals surface area contributed by atoms with E-state index in [9.17, 15) is 4.79 Å². The van der Waals surface area contributed by atoms with E-state index in [4.69, 9.17) is 21.1 Å². The lowest BCUT2D eigenvalue weighted by atomic mass is 9.97. The lowest BCUT2D eigenvalue weighted by molar-refractivity contribution is -0.116. The molecule has 2 aromatic rings. The average Bonchev–Trinajstić information content (AvgIpc) is 2.91. The smallest absolute Gasteiger partial charge is 0.225 e. The van der Waals surface area contributed by atoms with Gasteiger partial charge in [-0.1, -0.05) is 29.8 Å². The fourth-order valence-corrected chi connectivity index (χ4v) is 2.84. The molecule has 0 bridgehead atoms. The molecule has 1 unspecified atom stereocenters. The highest BCUT2D eigenvalue weighted by atomic mass is 35.5. The van der Waals surface area contributed by atoms with Gasteiger partial charge in [0.25, 0.3) is 0 Å². The molecular weight excluding hydrogens is 302 g/mol. The Hall–Kier alpha value is -2.20. The van der Waals surface area contributed by atoms with Crippen molar-refractivity contribution in [2.45, 2.75) is 12.3 Å². The molecule has 0 saturated heterocycles. The molecule has 2 aromatic carbocycles. The average molecular weight is 318 g/mol. The second-order valence-corrected chi connectivity index (χ2v) is 5.55. The highest BCUT2D eigenvalue weighted by molar-refractivity contribution is 6.32. The number of carbonyl (C=O) groups is 1. The van der Waals surface area contributed by atoms with Crippen LogP contribution in [0.1, 0.15) is 17.9 Å². The van der Waals surface area contributed by atoms with Crippen molar-refractivity contribution in [3.8, 4) is 11.5 Å². The minimum absolute atomic E-state index is 0.0634. The second kappa shape index (κ2) is 6.28. The van der Waals surface area contributed by atoms with Crippen LogP contribution in [0.25, 0.3) is 0 Å². The maximum absolute atomic E-state index is 12.2. The van der Waals surface area contributed by atoms with Crippen LogP contribution in [0.5, 0.6) is 11.5 Å². The fraction of sp³-hybridized carbons (Fsp3) is 0.235. The van der Waals surface area contributed by atoms with E-state index < -0.39 is 0 Å². The lowest BCUT2D eigenvalue weighted by Gasteiger charge is -2.11. The topological polar surface area (TPSA) is 47.6 Å². The van der Waals surface area contributed by atoms with E-state index in [1.54, 1.807) is 25.3 Å². The number of anilines is 1. The molecule has 4 nitrogen and oxygen atoms in total. The summed E-state index contributed by atoms with van der Waals surface area (Å²) < 4.78 is 10.7. The van der Waals surface area contributed by atoms with Crippen LogP contribution in [0.4, 0.5) is 5.69 Å². The molecule has 3 rings (SSSR count). The Labute approximate surface area is 134 Å². The first-order chi connectivity index (χ1) is 10.7. The van der Waals surface area contributed by atoms with Crippen molar-refractivity contribution < 1.29 is 14.3 Å². The third-order valence-electron chi connectivity index (χ3n) is 3.67. The Balaban J connectivity index is 1.65.